The maximum absolute atomic E-state index is 12.7. The maximum Gasteiger partial charge on any atom is 0.424 e. The zero-order chi connectivity index (χ0) is 18.4. The topological polar surface area (TPSA) is 42.0 Å². The highest BCUT2D eigenvalue weighted by Gasteiger charge is 2.43. The summed E-state index contributed by atoms with van der Waals surface area (Å²) in [6, 6.07) is 11.1. The van der Waals surface area contributed by atoms with Gasteiger partial charge in [-0.05, 0) is 56.4 Å². The molecule has 0 spiro atoms. The average molecular weight is 360 g/mol. The minimum absolute atomic E-state index is 0.218. The molecule has 0 bridgehead atoms. The summed E-state index contributed by atoms with van der Waals surface area (Å²) in [4.78, 5) is 12.7. The normalized spacial score (nSPS) is 21.5. The summed E-state index contributed by atoms with van der Waals surface area (Å²) in [5.41, 5.74) is 1.37. The molecule has 0 radical (unpaired) electrons. The first kappa shape index (κ1) is 19.2. The predicted octanol–water partition coefficient (Wildman–Crippen LogP) is 3.88. The second kappa shape index (κ2) is 9.38. The second-order valence-corrected chi connectivity index (χ2v) is 7.51. The van der Waals surface area contributed by atoms with E-state index < -0.39 is 0 Å². The highest BCUT2D eigenvalue weighted by molar-refractivity contribution is 5.67. The molecule has 3 rings (SSSR count). The van der Waals surface area contributed by atoms with Crippen LogP contribution in [0.3, 0.4) is 0 Å². The SMILES string of the molecule is COC[C@@H]1CCCN1N(C(=O)OC)[C@@H](CCCc1ccccc1)C1CC1. The van der Waals surface area contributed by atoms with Crippen LogP contribution in [-0.4, -0.2) is 55.6 Å². The first-order valence-electron chi connectivity index (χ1n) is 9.91. The number of hydrogen-bond acceptors (Lipinski definition) is 4. The van der Waals surface area contributed by atoms with Crippen LogP contribution in [0.5, 0.6) is 0 Å². The lowest BCUT2D eigenvalue weighted by molar-refractivity contribution is -0.0755. The van der Waals surface area contributed by atoms with E-state index in [2.05, 4.69) is 35.3 Å². The molecule has 1 saturated heterocycles. The molecule has 1 aromatic rings. The number of hydrogen-bond donors (Lipinski definition) is 0. The van der Waals surface area contributed by atoms with Crippen molar-refractivity contribution in [2.75, 3.05) is 27.4 Å². The lowest BCUT2D eigenvalue weighted by Crippen LogP contribution is -2.55. The molecule has 2 aliphatic rings. The van der Waals surface area contributed by atoms with Crippen molar-refractivity contribution in [2.45, 2.75) is 57.0 Å². The van der Waals surface area contributed by atoms with Gasteiger partial charge in [0.1, 0.15) is 0 Å². The van der Waals surface area contributed by atoms with Crippen LogP contribution in [0.15, 0.2) is 30.3 Å². The molecule has 144 valence electrons. The number of ether oxygens (including phenoxy) is 2. The molecule has 1 amide bonds. The van der Waals surface area contributed by atoms with E-state index >= 15 is 0 Å². The maximum atomic E-state index is 12.7. The Kier molecular flexibility index (Phi) is 6.92. The van der Waals surface area contributed by atoms with E-state index in [0.717, 1.165) is 38.6 Å². The van der Waals surface area contributed by atoms with E-state index in [1.807, 2.05) is 5.01 Å². The van der Waals surface area contributed by atoms with Crippen molar-refractivity contribution in [3.63, 3.8) is 0 Å². The van der Waals surface area contributed by atoms with E-state index in [9.17, 15) is 4.79 Å². The summed E-state index contributed by atoms with van der Waals surface area (Å²) < 4.78 is 10.6. The fourth-order valence-corrected chi connectivity index (χ4v) is 4.19. The predicted molar refractivity (Wildman–Crippen MR) is 102 cm³/mol. The van der Waals surface area contributed by atoms with Crippen LogP contribution >= 0.6 is 0 Å². The number of hydrazine groups is 1. The molecule has 0 unspecified atom stereocenters. The molecular weight excluding hydrogens is 328 g/mol. The number of methoxy groups -OCH3 is 2. The molecule has 5 nitrogen and oxygen atoms in total. The molecule has 0 aromatic heterocycles. The summed E-state index contributed by atoms with van der Waals surface area (Å²) in [7, 11) is 3.22. The van der Waals surface area contributed by atoms with Gasteiger partial charge in [-0.25, -0.2) is 14.8 Å². The molecule has 1 aromatic carbocycles. The van der Waals surface area contributed by atoms with Gasteiger partial charge in [0.25, 0.3) is 0 Å². The molecule has 0 N–H and O–H groups in total. The number of rotatable bonds is 9. The van der Waals surface area contributed by atoms with Gasteiger partial charge < -0.3 is 9.47 Å². The molecule has 2 atom stereocenters. The fourth-order valence-electron chi connectivity index (χ4n) is 4.19. The Hall–Kier alpha value is -1.59. The zero-order valence-electron chi connectivity index (χ0n) is 16.1. The van der Waals surface area contributed by atoms with E-state index in [0.29, 0.717) is 12.5 Å². The van der Waals surface area contributed by atoms with Crippen LogP contribution in [-0.2, 0) is 15.9 Å². The number of amides is 1. The van der Waals surface area contributed by atoms with Crippen LogP contribution in [0.1, 0.15) is 44.1 Å². The third kappa shape index (κ3) is 4.77. The molecule has 1 aliphatic heterocycles. The number of benzene rings is 1. The van der Waals surface area contributed by atoms with Gasteiger partial charge in [0, 0.05) is 13.7 Å². The first-order chi connectivity index (χ1) is 12.7. The van der Waals surface area contributed by atoms with Crippen LogP contribution in [0.4, 0.5) is 4.79 Å². The summed E-state index contributed by atoms with van der Waals surface area (Å²) in [5, 5.41) is 4.17. The van der Waals surface area contributed by atoms with Crippen molar-refractivity contribution in [3.05, 3.63) is 35.9 Å². The van der Waals surface area contributed by atoms with Crippen LogP contribution in [0.2, 0.25) is 0 Å². The Bertz CT molecular complexity index is 562. The third-order valence-corrected chi connectivity index (χ3v) is 5.63. The minimum atomic E-state index is -0.218. The second-order valence-electron chi connectivity index (χ2n) is 7.51. The van der Waals surface area contributed by atoms with Crippen molar-refractivity contribution in [1.29, 1.82) is 0 Å². The summed E-state index contributed by atoms with van der Waals surface area (Å²) >= 11 is 0. The van der Waals surface area contributed by atoms with Gasteiger partial charge in [0.2, 0.25) is 0 Å². The van der Waals surface area contributed by atoms with E-state index in [-0.39, 0.29) is 18.2 Å². The highest BCUT2D eigenvalue weighted by atomic mass is 16.5. The number of aryl methyl sites for hydroxylation is 1. The van der Waals surface area contributed by atoms with Crippen LogP contribution in [0, 0.1) is 5.92 Å². The van der Waals surface area contributed by atoms with Crippen molar-refractivity contribution in [1.82, 2.24) is 10.0 Å². The van der Waals surface area contributed by atoms with Crippen LogP contribution < -0.4 is 0 Å². The van der Waals surface area contributed by atoms with Crippen molar-refractivity contribution < 1.29 is 14.3 Å². The summed E-state index contributed by atoms with van der Waals surface area (Å²) in [6.07, 6.45) is 7.54. The smallest absolute Gasteiger partial charge is 0.424 e. The van der Waals surface area contributed by atoms with E-state index in [1.54, 1.807) is 7.11 Å². The molecule has 1 aliphatic carbocycles. The largest absolute Gasteiger partial charge is 0.452 e. The summed E-state index contributed by atoms with van der Waals surface area (Å²) in [6.45, 7) is 1.57. The van der Waals surface area contributed by atoms with Gasteiger partial charge in [-0.15, -0.1) is 0 Å². The van der Waals surface area contributed by atoms with Gasteiger partial charge in [-0.3, -0.25) is 0 Å². The standard InChI is InChI=1S/C21H32N2O3/c1-25-16-19-11-7-15-22(19)23(21(24)26-2)20(18-13-14-18)12-6-10-17-8-4-3-5-9-17/h3-5,8-9,18-20H,6-7,10-16H2,1-2H3/t19-,20-/m0/s1. The molecule has 26 heavy (non-hydrogen) atoms. The molecule has 1 heterocycles. The summed E-state index contributed by atoms with van der Waals surface area (Å²) in [5.74, 6) is 0.605. The quantitative estimate of drug-likeness (QED) is 0.670. The first-order valence-corrected chi connectivity index (χ1v) is 9.91. The average Bonchev–Trinajstić information content (AvgIpc) is 3.42. The Balaban J connectivity index is 1.68. The molecule has 1 saturated carbocycles. The third-order valence-electron chi connectivity index (χ3n) is 5.63. The molecular formula is C21H32N2O3. The van der Waals surface area contributed by atoms with Gasteiger partial charge in [-0.2, -0.15) is 0 Å². The number of carbonyl (C=O) groups is 1. The van der Waals surface area contributed by atoms with Crippen molar-refractivity contribution in [2.24, 2.45) is 5.92 Å². The zero-order valence-corrected chi connectivity index (χ0v) is 16.1. The fraction of sp³-hybridized carbons (Fsp3) is 0.667. The van der Waals surface area contributed by atoms with E-state index in [1.165, 1.54) is 25.5 Å². The van der Waals surface area contributed by atoms with Gasteiger partial charge in [0.05, 0.1) is 25.8 Å². The Morgan fingerprint density at radius 1 is 1.23 bits per heavy atom. The van der Waals surface area contributed by atoms with Gasteiger partial charge >= 0.3 is 6.09 Å². The highest BCUT2D eigenvalue weighted by Crippen LogP contribution is 2.39. The minimum Gasteiger partial charge on any atom is -0.452 e. The van der Waals surface area contributed by atoms with Gasteiger partial charge in [0.15, 0.2) is 0 Å². The molecule has 2 fully saturated rings. The molecule has 5 heteroatoms. The Morgan fingerprint density at radius 2 is 2.00 bits per heavy atom. The lowest BCUT2D eigenvalue weighted by atomic mass is 10.0. The van der Waals surface area contributed by atoms with Gasteiger partial charge in [-0.1, -0.05) is 30.3 Å². The lowest BCUT2D eigenvalue weighted by Gasteiger charge is -2.40. The number of nitrogens with zero attached hydrogens (tertiary/aromatic N) is 2. The monoisotopic (exact) mass is 360 g/mol. The van der Waals surface area contributed by atoms with Crippen molar-refractivity contribution in [3.8, 4) is 0 Å². The van der Waals surface area contributed by atoms with Crippen LogP contribution in [0.25, 0.3) is 0 Å². The van der Waals surface area contributed by atoms with Crippen molar-refractivity contribution >= 4 is 6.09 Å². The Morgan fingerprint density at radius 3 is 2.65 bits per heavy atom. The number of carbonyl (C=O) groups excluding carboxylic acids is 1. The Labute approximate surface area is 157 Å². The van der Waals surface area contributed by atoms with E-state index in [4.69, 9.17) is 9.47 Å².